The molecule has 0 unspecified atom stereocenters. The summed E-state index contributed by atoms with van der Waals surface area (Å²) in [7, 11) is 0. The topological polar surface area (TPSA) is 64.5 Å². The number of rotatable bonds is 11. The van der Waals surface area contributed by atoms with Crippen LogP contribution in [0.25, 0.3) is 0 Å². The molecular weight excluding hydrogens is 324 g/mol. The molecule has 2 aromatic rings. The highest BCUT2D eigenvalue weighted by molar-refractivity contribution is 5.34. The van der Waals surface area contributed by atoms with Crippen molar-refractivity contribution in [1.82, 2.24) is 10.6 Å². The van der Waals surface area contributed by atoms with Crippen LogP contribution in [0.1, 0.15) is 62.7 Å². The minimum Gasteiger partial charge on any atom is -0.508 e. The van der Waals surface area contributed by atoms with Gasteiger partial charge in [0.25, 0.3) is 0 Å². The average molecular weight is 357 g/mol. The third-order valence-electron chi connectivity index (χ3n) is 4.63. The van der Waals surface area contributed by atoms with Crippen molar-refractivity contribution in [2.75, 3.05) is 13.1 Å². The Hall–Kier alpha value is -2.04. The highest BCUT2D eigenvalue weighted by atomic mass is 16.3. The molecule has 0 aromatic heterocycles. The van der Waals surface area contributed by atoms with Gasteiger partial charge in [-0.05, 0) is 61.3 Å². The van der Waals surface area contributed by atoms with Crippen LogP contribution in [0.5, 0.6) is 11.5 Å². The largest absolute Gasteiger partial charge is 0.508 e. The SMILES string of the molecule is CCCCN[C@H](c1ccc(O)cc1)[C@@H](NCCCC)c1ccc(O)cc1. The van der Waals surface area contributed by atoms with Crippen molar-refractivity contribution in [3.05, 3.63) is 59.7 Å². The molecule has 0 aliphatic heterocycles. The first-order chi connectivity index (χ1) is 12.7. The van der Waals surface area contributed by atoms with E-state index in [0.717, 1.165) is 49.9 Å². The second-order valence-electron chi connectivity index (χ2n) is 6.75. The number of hydrogen-bond acceptors (Lipinski definition) is 4. The van der Waals surface area contributed by atoms with Gasteiger partial charge >= 0.3 is 0 Å². The van der Waals surface area contributed by atoms with Crippen LogP contribution in [-0.4, -0.2) is 23.3 Å². The Morgan fingerprint density at radius 3 is 1.31 bits per heavy atom. The predicted octanol–water partition coefficient (Wildman–Crippen LogP) is 4.66. The molecule has 0 radical (unpaired) electrons. The first kappa shape index (κ1) is 20.3. The van der Waals surface area contributed by atoms with E-state index in [9.17, 15) is 10.2 Å². The Balaban J connectivity index is 2.31. The third-order valence-corrected chi connectivity index (χ3v) is 4.63. The first-order valence-electron chi connectivity index (χ1n) is 9.70. The molecule has 0 amide bonds. The third kappa shape index (κ3) is 6.04. The van der Waals surface area contributed by atoms with Crippen molar-refractivity contribution >= 4 is 0 Å². The zero-order valence-electron chi connectivity index (χ0n) is 15.9. The summed E-state index contributed by atoms with van der Waals surface area (Å²) < 4.78 is 0. The van der Waals surface area contributed by atoms with E-state index in [1.54, 1.807) is 24.3 Å². The van der Waals surface area contributed by atoms with Crippen molar-refractivity contribution in [2.45, 2.75) is 51.6 Å². The average Bonchev–Trinajstić information content (AvgIpc) is 2.65. The standard InChI is InChI=1S/C22H32N2O2/c1-3-5-15-23-21(17-7-11-19(25)12-8-17)22(24-16-6-4-2)18-9-13-20(26)14-10-18/h7-14,21-26H,3-6,15-16H2,1-2H3/t21-,22+. The molecule has 26 heavy (non-hydrogen) atoms. The normalized spacial score (nSPS) is 13.5. The van der Waals surface area contributed by atoms with Gasteiger partial charge in [-0.1, -0.05) is 51.0 Å². The van der Waals surface area contributed by atoms with E-state index in [4.69, 9.17) is 0 Å². The molecule has 4 nitrogen and oxygen atoms in total. The summed E-state index contributed by atoms with van der Waals surface area (Å²) in [5, 5.41) is 26.7. The summed E-state index contributed by atoms with van der Waals surface area (Å²) in [4.78, 5) is 0. The fraction of sp³-hybridized carbons (Fsp3) is 0.455. The van der Waals surface area contributed by atoms with Gasteiger partial charge in [-0.3, -0.25) is 0 Å². The van der Waals surface area contributed by atoms with Gasteiger partial charge in [0, 0.05) is 0 Å². The van der Waals surface area contributed by atoms with Gasteiger partial charge in [0.15, 0.2) is 0 Å². The van der Waals surface area contributed by atoms with Gasteiger partial charge in [-0.25, -0.2) is 0 Å². The summed E-state index contributed by atoms with van der Waals surface area (Å²) in [5.74, 6) is 0.558. The Labute approximate surface area is 157 Å². The monoisotopic (exact) mass is 356 g/mol. The molecule has 142 valence electrons. The van der Waals surface area contributed by atoms with Crippen LogP contribution >= 0.6 is 0 Å². The van der Waals surface area contributed by atoms with E-state index in [2.05, 4.69) is 24.5 Å². The lowest BCUT2D eigenvalue weighted by Gasteiger charge is -2.30. The lowest BCUT2D eigenvalue weighted by atomic mass is 9.92. The summed E-state index contributed by atoms with van der Waals surface area (Å²) in [6.07, 6.45) is 4.52. The summed E-state index contributed by atoms with van der Waals surface area (Å²) >= 11 is 0. The second kappa shape index (κ2) is 10.8. The van der Waals surface area contributed by atoms with Crippen LogP contribution in [0, 0.1) is 0 Å². The molecule has 0 aliphatic carbocycles. The maximum atomic E-state index is 9.65. The maximum Gasteiger partial charge on any atom is 0.115 e. The van der Waals surface area contributed by atoms with Gasteiger partial charge in [-0.15, -0.1) is 0 Å². The van der Waals surface area contributed by atoms with E-state index in [0.29, 0.717) is 0 Å². The Kier molecular flexibility index (Phi) is 8.45. The predicted molar refractivity (Wildman–Crippen MR) is 108 cm³/mol. The molecule has 0 bridgehead atoms. The molecular formula is C22H32N2O2. The first-order valence-corrected chi connectivity index (χ1v) is 9.70. The smallest absolute Gasteiger partial charge is 0.115 e. The van der Waals surface area contributed by atoms with Crippen LogP contribution in [0.4, 0.5) is 0 Å². The zero-order chi connectivity index (χ0) is 18.8. The van der Waals surface area contributed by atoms with Gasteiger partial charge in [0.2, 0.25) is 0 Å². The van der Waals surface area contributed by atoms with Crippen LogP contribution < -0.4 is 10.6 Å². The minimum atomic E-state index is 0.0866. The van der Waals surface area contributed by atoms with Gasteiger partial charge < -0.3 is 20.8 Å². The van der Waals surface area contributed by atoms with Gasteiger partial charge in [0.1, 0.15) is 11.5 Å². The lowest BCUT2D eigenvalue weighted by molar-refractivity contribution is 0.378. The fourth-order valence-corrected chi connectivity index (χ4v) is 3.09. The number of phenols is 2. The Morgan fingerprint density at radius 1 is 0.654 bits per heavy atom. The van der Waals surface area contributed by atoms with E-state index >= 15 is 0 Å². The molecule has 0 saturated carbocycles. The summed E-state index contributed by atoms with van der Waals surface area (Å²) in [5.41, 5.74) is 2.28. The highest BCUT2D eigenvalue weighted by Gasteiger charge is 2.24. The van der Waals surface area contributed by atoms with Crippen molar-refractivity contribution in [3.63, 3.8) is 0 Å². The molecule has 0 aliphatic rings. The van der Waals surface area contributed by atoms with Crippen LogP contribution in [0.2, 0.25) is 0 Å². The fourth-order valence-electron chi connectivity index (χ4n) is 3.09. The number of aromatic hydroxyl groups is 2. The molecule has 0 saturated heterocycles. The number of phenolic OH excluding ortho intramolecular Hbond substituents is 2. The highest BCUT2D eigenvalue weighted by Crippen LogP contribution is 2.31. The summed E-state index contributed by atoms with van der Waals surface area (Å²) in [6, 6.07) is 15.1. The Bertz CT molecular complexity index is 568. The molecule has 0 spiro atoms. The molecule has 0 fully saturated rings. The van der Waals surface area contributed by atoms with Crippen molar-refractivity contribution in [2.24, 2.45) is 0 Å². The van der Waals surface area contributed by atoms with Crippen LogP contribution in [0.3, 0.4) is 0 Å². The number of benzene rings is 2. The zero-order valence-corrected chi connectivity index (χ0v) is 15.9. The molecule has 2 aromatic carbocycles. The van der Waals surface area contributed by atoms with E-state index in [-0.39, 0.29) is 23.6 Å². The molecule has 2 rings (SSSR count). The van der Waals surface area contributed by atoms with E-state index in [1.807, 2.05) is 24.3 Å². The van der Waals surface area contributed by atoms with E-state index in [1.165, 1.54) is 0 Å². The number of nitrogens with one attached hydrogen (secondary N) is 2. The van der Waals surface area contributed by atoms with Gasteiger partial charge in [0.05, 0.1) is 12.1 Å². The van der Waals surface area contributed by atoms with Crippen LogP contribution in [-0.2, 0) is 0 Å². The molecule has 0 heterocycles. The number of hydrogen-bond donors (Lipinski definition) is 4. The summed E-state index contributed by atoms with van der Waals surface area (Å²) in [6.45, 7) is 6.25. The lowest BCUT2D eigenvalue weighted by Crippen LogP contribution is -2.36. The van der Waals surface area contributed by atoms with E-state index < -0.39 is 0 Å². The molecule has 4 N–H and O–H groups in total. The second-order valence-corrected chi connectivity index (χ2v) is 6.75. The quantitative estimate of drug-likeness (QED) is 0.442. The number of unbranched alkanes of at least 4 members (excludes halogenated alkanes) is 2. The Morgan fingerprint density at radius 2 is 1.00 bits per heavy atom. The van der Waals surface area contributed by atoms with Crippen molar-refractivity contribution < 1.29 is 10.2 Å². The van der Waals surface area contributed by atoms with Crippen molar-refractivity contribution in [3.8, 4) is 11.5 Å². The molecule has 2 atom stereocenters. The minimum absolute atomic E-state index is 0.0866. The van der Waals surface area contributed by atoms with Crippen LogP contribution in [0.15, 0.2) is 48.5 Å². The molecule has 4 heteroatoms. The van der Waals surface area contributed by atoms with Gasteiger partial charge in [-0.2, -0.15) is 0 Å². The van der Waals surface area contributed by atoms with Crippen molar-refractivity contribution in [1.29, 1.82) is 0 Å². The maximum absolute atomic E-state index is 9.65.